The summed E-state index contributed by atoms with van der Waals surface area (Å²) >= 11 is 0. The van der Waals surface area contributed by atoms with Crippen molar-refractivity contribution in [1.82, 2.24) is 0 Å². The van der Waals surface area contributed by atoms with Crippen molar-refractivity contribution < 1.29 is 0 Å². The van der Waals surface area contributed by atoms with Gasteiger partial charge in [-0.15, -0.1) is 0 Å². The van der Waals surface area contributed by atoms with Crippen molar-refractivity contribution in [1.29, 1.82) is 0 Å². The molecule has 22 heavy (non-hydrogen) atoms. The van der Waals surface area contributed by atoms with Crippen molar-refractivity contribution in [2.45, 2.75) is 111 Å². The van der Waals surface area contributed by atoms with E-state index in [2.05, 4.69) is 45.1 Å². The van der Waals surface area contributed by atoms with E-state index >= 15 is 0 Å². The maximum absolute atomic E-state index is 2.43. The van der Waals surface area contributed by atoms with E-state index in [1.165, 1.54) is 89.9 Å². The molecule has 0 bridgehead atoms. The van der Waals surface area contributed by atoms with Gasteiger partial charge in [0.2, 0.25) is 0 Å². The van der Waals surface area contributed by atoms with Crippen molar-refractivity contribution in [3.05, 3.63) is 24.3 Å². The van der Waals surface area contributed by atoms with Crippen LogP contribution in [-0.4, -0.2) is 0 Å². The third-order valence-corrected chi connectivity index (χ3v) is 4.42. The normalized spacial score (nSPS) is 12.2. The van der Waals surface area contributed by atoms with Crippen molar-refractivity contribution in [2.75, 3.05) is 0 Å². The predicted octanol–water partition coefficient (Wildman–Crippen LogP) is 8.24. The predicted molar refractivity (Wildman–Crippen MR) is 103 cm³/mol. The number of allylic oxidation sites excluding steroid dienone is 4. The molecule has 0 aromatic rings. The van der Waals surface area contributed by atoms with E-state index in [4.69, 9.17) is 0 Å². The summed E-state index contributed by atoms with van der Waals surface area (Å²) < 4.78 is 0. The molecule has 0 fully saturated rings. The molecule has 0 nitrogen and oxygen atoms in total. The zero-order valence-electron chi connectivity index (χ0n) is 15.8. The maximum Gasteiger partial charge on any atom is -0.0351 e. The Kier molecular flexibility index (Phi) is 18.1. The van der Waals surface area contributed by atoms with Gasteiger partial charge >= 0.3 is 0 Å². The lowest BCUT2D eigenvalue weighted by atomic mass is 9.97. The molecule has 0 N–H and O–H groups in total. The third kappa shape index (κ3) is 17.5. The van der Waals surface area contributed by atoms with E-state index in [-0.39, 0.29) is 0 Å². The molecule has 0 amide bonds. The highest BCUT2D eigenvalue weighted by atomic mass is 14.1. The van der Waals surface area contributed by atoms with Gasteiger partial charge in [-0.05, 0) is 57.3 Å². The number of rotatable bonds is 16. The van der Waals surface area contributed by atoms with E-state index in [1.807, 2.05) is 0 Å². The second-order valence-corrected chi connectivity index (χ2v) is 6.90. The van der Waals surface area contributed by atoms with E-state index in [1.54, 1.807) is 0 Å². The van der Waals surface area contributed by atoms with Crippen LogP contribution in [0.2, 0.25) is 0 Å². The van der Waals surface area contributed by atoms with Gasteiger partial charge in [-0.1, -0.05) is 83.6 Å². The van der Waals surface area contributed by atoms with E-state index in [0.717, 1.165) is 5.92 Å². The average molecular weight is 307 g/mol. The topological polar surface area (TPSA) is 0 Å². The zero-order chi connectivity index (χ0) is 16.3. The van der Waals surface area contributed by atoms with Crippen LogP contribution in [0.15, 0.2) is 24.3 Å². The Morgan fingerprint density at radius 1 is 0.545 bits per heavy atom. The molecular weight excluding hydrogens is 264 g/mol. The quantitative estimate of drug-likeness (QED) is 0.199. The molecule has 0 heterocycles. The number of hydrogen-bond donors (Lipinski definition) is 0. The summed E-state index contributed by atoms with van der Waals surface area (Å²) in [6.45, 7) is 6.97. The second-order valence-electron chi connectivity index (χ2n) is 6.90. The van der Waals surface area contributed by atoms with Gasteiger partial charge in [0, 0.05) is 0 Å². The van der Waals surface area contributed by atoms with Crippen LogP contribution in [0.25, 0.3) is 0 Å². The molecule has 0 rings (SSSR count). The third-order valence-electron chi connectivity index (χ3n) is 4.42. The van der Waals surface area contributed by atoms with Gasteiger partial charge in [-0.3, -0.25) is 0 Å². The monoisotopic (exact) mass is 306 g/mol. The Labute approximate surface area is 141 Å². The molecule has 130 valence electrons. The fraction of sp³-hybridized carbons (Fsp3) is 0.818. The Morgan fingerprint density at radius 2 is 0.909 bits per heavy atom. The molecular formula is C22H42. The highest BCUT2D eigenvalue weighted by Crippen LogP contribution is 2.16. The van der Waals surface area contributed by atoms with E-state index in [9.17, 15) is 0 Å². The minimum absolute atomic E-state index is 0.905. The van der Waals surface area contributed by atoms with Gasteiger partial charge in [0.05, 0.1) is 0 Å². The first-order valence-electron chi connectivity index (χ1n) is 10.1. The van der Waals surface area contributed by atoms with Crippen LogP contribution in [0.1, 0.15) is 111 Å². The maximum atomic E-state index is 2.43. The average Bonchev–Trinajstić information content (AvgIpc) is 2.52. The number of unbranched alkanes of at least 4 members (excludes halogenated alkanes) is 8. The van der Waals surface area contributed by atoms with Gasteiger partial charge in [0.25, 0.3) is 0 Å². The molecule has 0 spiro atoms. The van der Waals surface area contributed by atoms with Crippen molar-refractivity contribution in [3.8, 4) is 0 Å². The minimum Gasteiger partial charge on any atom is -0.0885 e. The molecule has 0 unspecified atom stereocenters. The minimum atomic E-state index is 0.905. The van der Waals surface area contributed by atoms with Crippen LogP contribution in [-0.2, 0) is 0 Å². The van der Waals surface area contributed by atoms with Gasteiger partial charge in [-0.2, -0.15) is 0 Å². The summed E-state index contributed by atoms with van der Waals surface area (Å²) in [6.07, 6.45) is 28.5. The Bertz CT molecular complexity index is 223. The molecule has 0 aromatic carbocycles. The molecule has 0 saturated heterocycles. The summed E-state index contributed by atoms with van der Waals surface area (Å²) in [6, 6.07) is 0. The molecule has 0 aliphatic heterocycles. The van der Waals surface area contributed by atoms with E-state index < -0.39 is 0 Å². The molecule has 0 aromatic heterocycles. The standard InChI is InChI=1S/C22H42/c1-4-6-8-10-12-14-16-18-20-22(3)21-19-17-15-13-11-9-7-5-2/h12-15,22H,4-11,16-21H2,1-3H3/b14-12-,15-13-. The van der Waals surface area contributed by atoms with Crippen LogP contribution >= 0.6 is 0 Å². The SMILES string of the molecule is CCCCC/C=C\CCCC(C)CCC/C=C\CCCCC. The van der Waals surface area contributed by atoms with Crippen molar-refractivity contribution >= 4 is 0 Å². The van der Waals surface area contributed by atoms with Gasteiger partial charge < -0.3 is 0 Å². The first-order chi connectivity index (χ1) is 10.8. The first-order valence-corrected chi connectivity index (χ1v) is 10.1. The van der Waals surface area contributed by atoms with Gasteiger partial charge in [-0.25, -0.2) is 0 Å². The second kappa shape index (κ2) is 18.5. The van der Waals surface area contributed by atoms with Crippen LogP contribution in [0.3, 0.4) is 0 Å². The van der Waals surface area contributed by atoms with Gasteiger partial charge in [0.15, 0.2) is 0 Å². The molecule has 0 aliphatic carbocycles. The largest absolute Gasteiger partial charge is 0.0885 e. The lowest BCUT2D eigenvalue weighted by Crippen LogP contribution is -1.94. The van der Waals surface area contributed by atoms with Crippen LogP contribution in [0.4, 0.5) is 0 Å². The Morgan fingerprint density at radius 3 is 1.27 bits per heavy atom. The highest BCUT2D eigenvalue weighted by Gasteiger charge is 2.00. The fourth-order valence-corrected chi connectivity index (χ4v) is 2.81. The summed E-state index contributed by atoms with van der Waals surface area (Å²) in [5.74, 6) is 0.905. The smallest absolute Gasteiger partial charge is 0.0351 e. The Hall–Kier alpha value is -0.520. The van der Waals surface area contributed by atoms with Gasteiger partial charge in [0.1, 0.15) is 0 Å². The first kappa shape index (κ1) is 21.5. The van der Waals surface area contributed by atoms with Crippen LogP contribution in [0, 0.1) is 5.92 Å². The molecule has 0 heteroatoms. The lowest BCUT2D eigenvalue weighted by Gasteiger charge is -2.09. The van der Waals surface area contributed by atoms with Crippen molar-refractivity contribution in [3.63, 3.8) is 0 Å². The lowest BCUT2D eigenvalue weighted by molar-refractivity contribution is 0.463. The molecule has 0 radical (unpaired) electrons. The summed E-state index contributed by atoms with van der Waals surface area (Å²) in [5.41, 5.74) is 0. The molecule has 0 aliphatic rings. The summed E-state index contributed by atoms with van der Waals surface area (Å²) in [4.78, 5) is 0. The van der Waals surface area contributed by atoms with Crippen LogP contribution < -0.4 is 0 Å². The molecule has 0 atom stereocenters. The zero-order valence-corrected chi connectivity index (χ0v) is 15.8. The highest BCUT2D eigenvalue weighted by molar-refractivity contribution is 4.82. The van der Waals surface area contributed by atoms with E-state index in [0.29, 0.717) is 0 Å². The number of hydrogen-bond acceptors (Lipinski definition) is 0. The summed E-state index contributed by atoms with van der Waals surface area (Å²) in [5, 5.41) is 0. The summed E-state index contributed by atoms with van der Waals surface area (Å²) in [7, 11) is 0. The van der Waals surface area contributed by atoms with Crippen molar-refractivity contribution in [2.24, 2.45) is 5.92 Å². The molecule has 0 saturated carbocycles. The Balaban J connectivity index is 3.30. The van der Waals surface area contributed by atoms with Crippen LogP contribution in [0.5, 0.6) is 0 Å². The fourth-order valence-electron chi connectivity index (χ4n) is 2.81.